The highest BCUT2D eigenvalue weighted by molar-refractivity contribution is 8.00. The Morgan fingerprint density at radius 3 is 2.39 bits per heavy atom. The molecule has 3 aromatic carbocycles. The van der Waals surface area contributed by atoms with Crippen LogP contribution in [0.4, 0.5) is 10.1 Å². The molecule has 0 saturated carbocycles. The van der Waals surface area contributed by atoms with Gasteiger partial charge in [-0.25, -0.2) is 4.39 Å². The summed E-state index contributed by atoms with van der Waals surface area (Å²) in [7, 11) is 0. The Morgan fingerprint density at radius 2 is 1.70 bits per heavy atom. The highest BCUT2D eigenvalue weighted by atomic mass is 32.2. The minimum Gasteiger partial charge on any atom is -0.325 e. The van der Waals surface area contributed by atoms with Crippen LogP contribution < -0.4 is 5.32 Å². The van der Waals surface area contributed by atoms with Gasteiger partial charge in [0.05, 0.1) is 5.25 Å². The normalized spacial score (nSPS) is 11.7. The van der Waals surface area contributed by atoms with Crippen LogP contribution in [0, 0.1) is 5.82 Å². The fourth-order valence-corrected chi connectivity index (χ4v) is 4.08. The highest BCUT2D eigenvalue weighted by Gasteiger charge is 2.22. The molecule has 1 unspecified atom stereocenters. The molecule has 1 heterocycles. The van der Waals surface area contributed by atoms with Gasteiger partial charge in [0, 0.05) is 22.5 Å². The van der Waals surface area contributed by atoms with Crippen LogP contribution in [0.5, 0.6) is 0 Å². The number of halogens is 1. The van der Waals surface area contributed by atoms with Crippen molar-refractivity contribution in [1.82, 2.24) is 14.8 Å². The fourth-order valence-electron chi connectivity index (χ4n) is 3.21. The van der Waals surface area contributed by atoms with Crippen LogP contribution in [0.15, 0.2) is 84.0 Å². The molecule has 1 N–H and O–H groups in total. The Kier molecular flexibility index (Phi) is 6.65. The predicted molar refractivity (Wildman–Crippen MR) is 127 cm³/mol. The molecular formula is C25H21FN4O2S. The molecule has 1 aromatic heterocycles. The third-order valence-corrected chi connectivity index (χ3v) is 5.98. The smallest absolute Gasteiger partial charge is 0.237 e. The van der Waals surface area contributed by atoms with E-state index in [1.54, 1.807) is 47.9 Å². The van der Waals surface area contributed by atoms with Crippen molar-refractivity contribution in [2.45, 2.75) is 24.3 Å². The molecule has 1 amide bonds. The minimum absolute atomic E-state index is 0.0747. The largest absolute Gasteiger partial charge is 0.325 e. The maximum Gasteiger partial charge on any atom is 0.237 e. The first-order valence-corrected chi connectivity index (χ1v) is 11.2. The van der Waals surface area contributed by atoms with Gasteiger partial charge in [0.1, 0.15) is 5.82 Å². The van der Waals surface area contributed by atoms with Crippen LogP contribution in [-0.4, -0.2) is 31.7 Å². The molecule has 1 atom stereocenters. The Labute approximate surface area is 194 Å². The average molecular weight is 461 g/mol. The second-order valence-electron chi connectivity index (χ2n) is 7.37. The molecule has 8 heteroatoms. The van der Waals surface area contributed by atoms with E-state index in [1.807, 2.05) is 30.3 Å². The van der Waals surface area contributed by atoms with Crippen LogP contribution in [0.1, 0.15) is 24.2 Å². The number of hydrogen-bond acceptors (Lipinski definition) is 5. The SMILES string of the molecule is CC(=O)c1cccc(NC(=O)C(C)Sc2nnc(-c3ccccc3)n2-c2ccc(F)cc2)c1. The molecule has 0 bridgehead atoms. The number of anilines is 1. The van der Waals surface area contributed by atoms with Crippen molar-refractivity contribution in [2.75, 3.05) is 5.32 Å². The summed E-state index contributed by atoms with van der Waals surface area (Å²) in [6.45, 7) is 3.24. The summed E-state index contributed by atoms with van der Waals surface area (Å²) in [5.74, 6) is -0.0701. The molecule has 0 radical (unpaired) electrons. The highest BCUT2D eigenvalue weighted by Crippen LogP contribution is 2.30. The number of carbonyl (C=O) groups is 2. The van der Waals surface area contributed by atoms with E-state index in [9.17, 15) is 14.0 Å². The Morgan fingerprint density at radius 1 is 0.970 bits per heavy atom. The summed E-state index contributed by atoms with van der Waals surface area (Å²) in [4.78, 5) is 24.5. The fraction of sp³-hybridized carbons (Fsp3) is 0.120. The number of rotatable bonds is 7. The summed E-state index contributed by atoms with van der Waals surface area (Å²) < 4.78 is 15.3. The van der Waals surface area contributed by atoms with Crippen molar-refractivity contribution in [3.8, 4) is 17.1 Å². The lowest BCUT2D eigenvalue weighted by Crippen LogP contribution is -2.23. The predicted octanol–water partition coefficient (Wildman–Crippen LogP) is 5.40. The van der Waals surface area contributed by atoms with Gasteiger partial charge in [-0.15, -0.1) is 10.2 Å². The summed E-state index contributed by atoms with van der Waals surface area (Å²) in [5.41, 5.74) is 2.60. The number of Topliss-reactive ketones (excluding diaryl/α,β-unsaturated/α-hetero) is 1. The van der Waals surface area contributed by atoms with Gasteiger partial charge in [-0.3, -0.25) is 14.2 Å². The lowest BCUT2D eigenvalue weighted by atomic mass is 10.1. The molecule has 166 valence electrons. The molecule has 6 nitrogen and oxygen atoms in total. The number of ketones is 1. The van der Waals surface area contributed by atoms with E-state index in [1.165, 1.54) is 30.8 Å². The third kappa shape index (κ3) is 5.18. The number of nitrogens with zero attached hydrogens (tertiary/aromatic N) is 3. The summed E-state index contributed by atoms with van der Waals surface area (Å²) in [6.07, 6.45) is 0. The summed E-state index contributed by atoms with van der Waals surface area (Å²) in [6, 6.07) is 22.4. The molecule has 0 aliphatic carbocycles. The maximum atomic E-state index is 13.5. The second-order valence-corrected chi connectivity index (χ2v) is 8.68. The van der Waals surface area contributed by atoms with Gasteiger partial charge in [0.2, 0.25) is 5.91 Å². The zero-order valence-electron chi connectivity index (χ0n) is 18.0. The van der Waals surface area contributed by atoms with Gasteiger partial charge in [-0.05, 0) is 50.2 Å². The summed E-state index contributed by atoms with van der Waals surface area (Å²) >= 11 is 1.24. The van der Waals surface area contributed by atoms with Gasteiger partial charge in [-0.2, -0.15) is 0 Å². The first kappa shape index (κ1) is 22.4. The molecule has 0 aliphatic rings. The first-order chi connectivity index (χ1) is 15.9. The minimum atomic E-state index is -0.516. The maximum absolute atomic E-state index is 13.5. The molecule has 0 saturated heterocycles. The van der Waals surface area contributed by atoms with Crippen molar-refractivity contribution in [3.05, 3.63) is 90.2 Å². The number of hydrogen-bond donors (Lipinski definition) is 1. The standard InChI is InChI=1S/C25H21FN4O2S/c1-16(31)19-9-6-10-21(15-19)27-24(32)17(2)33-25-29-28-23(18-7-4-3-5-8-18)30(25)22-13-11-20(26)12-14-22/h3-15,17H,1-2H3,(H,27,32). The van der Waals surface area contributed by atoms with Crippen LogP contribution >= 0.6 is 11.8 Å². The number of thioether (sulfide) groups is 1. The molecule has 0 spiro atoms. The van der Waals surface area contributed by atoms with Gasteiger partial charge >= 0.3 is 0 Å². The van der Waals surface area contributed by atoms with Crippen molar-refractivity contribution in [3.63, 3.8) is 0 Å². The zero-order chi connectivity index (χ0) is 23.4. The zero-order valence-corrected chi connectivity index (χ0v) is 18.8. The summed E-state index contributed by atoms with van der Waals surface area (Å²) in [5, 5.41) is 11.5. The van der Waals surface area contributed by atoms with E-state index >= 15 is 0 Å². The van der Waals surface area contributed by atoms with Gasteiger partial charge in [0.25, 0.3) is 0 Å². The number of amides is 1. The molecule has 4 rings (SSSR count). The molecule has 0 fully saturated rings. The van der Waals surface area contributed by atoms with E-state index in [2.05, 4.69) is 15.5 Å². The number of carbonyl (C=O) groups excluding carboxylic acids is 2. The van der Waals surface area contributed by atoms with Crippen molar-refractivity contribution < 1.29 is 14.0 Å². The Hall–Kier alpha value is -3.78. The van der Waals surface area contributed by atoms with E-state index in [0.29, 0.717) is 27.9 Å². The van der Waals surface area contributed by atoms with Crippen LogP contribution in [-0.2, 0) is 4.79 Å². The second kappa shape index (κ2) is 9.79. The molecule has 4 aromatic rings. The molecule has 0 aliphatic heterocycles. The topological polar surface area (TPSA) is 76.9 Å². The van der Waals surface area contributed by atoms with Crippen molar-refractivity contribution in [2.24, 2.45) is 0 Å². The van der Waals surface area contributed by atoms with Crippen molar-refractivity contribution >= 4 is 29.1 Å². The van der Waals surface area contributed by atoms with E-state index in [0.717, 1.165) is 5.56 Å². The first-order valence-electron chi connectivity index (χ1n) is 10.3. The van der Waals surface area contributed by atoms with E-state index < -0.39 is 5.25 Å². The van der Waals surface area contributed by atoms with Gasteiger partial charge < -0.3 is 5.32 Å². The number of nitrogens with one attached hydrogen (secondary N) is 1. The monoisotopic (exact) mass is 460 g/mol. The quantitative estimate of drug-likeness (QED) is 0.295. The molecule has 33 heavy (non-hydrogen) atoms. The van der Waals surface area contributed by atoms with E-state index in [4.69, 9.17) is 0 Å². The molecular weight excluding hydrogens is 439 g/mol. The Bertz CT molecular complexity index is 1290. The van der Waals surface area contributed by atoms with Gasteiger partial charge in [-0.1, -0.05) is 54.2 Å². The average Bonchev–Trinajstić information content (AvgIpc) is 3.23. The van der Waals surface area contributed by atoms with Crippen LogP contribution in [0.3, 0.4) is 0 Å². The number of aromatic nitrogens is 3. The van der Waals surface area contributed by atoms with E-state index in [-0.39, 0.29) is 17.5 Å². The number of benzene rings is 3. The van der Waals surface area contributed by atoms with Crippen molar-refractivity contribution in [1.29, 1.82) is 0 Å². The third-order valence-electron chi connectivity index (χ3n) is 4.94. The van der Waals surface area contributed by atoms with Crippen LogP contribution in [0.2, 0.25) is 0 Å². The van der Waals surface area contributed by atoms with Gasteiger partial charge in [0.15, 0.2) is 16.8 Å². The lowest BCUT2D eigenvalue weighted by molar-refractivity contribution is -0.115. The van der Waals surface area contributed by atoms with Crippen LogP contribution in [0.25, 0.3) is 17.1 Å². The Balaban J connectivity index is 1.61. The lowest BCUT2D eigenvalue weighted by Gasteiger charge is -2.14.